The Hall–Kier alpha value is -1.87. The Bertz CT molecular complexity index is 679. The highest BCUT2D eigenvalue weighted by molar-refractivity contribution is 7.02. The van der Waals surface area contributed by atoms with E-state index >= 15 is 0 Å². The molecule has 0 aliphatic rings. The number of benzene rings is 2. The standard InChI is InChI=1S/C22H31N2Si/c1-15(2)19-13-10-14-20(16(3)4)21(19)24-25(22(23)17(5)6)18-11-8-7-9-12-18/h7-17,23-24H,1-6H3. The van der Waals surface area contributed by atoms with Crippen LogP contribution < -0.4 is 10.2 Å². The SMILES string of the molecule is CC(C)C(=N)[Si](Nc1c(C(C)C)cccc1C(C)C)c1ccccc1. The Morgan fingerprint density at radius 2 is 1.32 bits per heavy atom. The fourth-order valence-corrected chi connectivity index (χ4v) is 5.24. The van der Waals surface area contributed by atoms with E-state index in [1.807, 2.05) is 6.07 Å². The molecule has 0 fully saturated rings. The van der Waals surface area contributed by atoms with Crippen LogP contribution in [0.1, 0.15) is 64.5 Å². The summed E-state index contributed by atoms with van der Waals surface area (Å²) in [6.45, 7) is 13.2. The van der Waals surface area contributed by atoms with Crippen LogP contribution in [-0.4, -0.2) is 14.3 Å². The van der Waals surface area contributed by atoms with Gasteiger partial charge in [0.2, 0.25) is 0 Å². The first-order valence-corrected chi connectivity index (χ1v) is 10.7. The molecule has 2 aromatic rings. The number of hydrogen-bond donors (Lipinski definition) is 2. The fraction of sp³-hybridized carbons (Fsp3) is 0.409. The van der Waals surface area contributed by atoms with Crippen molar-refractivity contribution >= 4 is 25.2 Å². The molecule has 2 rings (SSSR count). The van der Waals surface area contributed by atoms with Gasteiger partial charge in [-0.2, -0.15) is 0 Å². The van der Waals surface area contributed by atoms with Crippen LogP contribution in [0.3, 0.4) is 0 Å². The van der Waals surface area contributed by atoms with Crippen molar-refractivity contribution < 1.29 is 0 Å². The van der Waals surface area contributed by atoms with E-state index in [-0.39, 0.29) is 5.92 Å². The third-order valence-corrected chi connectivity index (χ3v) is 7.06. The molecule has 3 heteroatoms. The molecule has 25 heavy (non-hydrogen) atoms. The van der Waals surface area contributed by atoms with Crippen LogP contribution >= 0.6 is 0 Å². The van der Waals surface area contributed by atoms with E-state index in [1.165, 1.54) is 22.0 Å². The highest BCUT2D eigenvalue weighted by Gasteiger charge is 2.26. The van der Waals surface area contributed by atoms with Gasteiger partial charge < -0.3 is 10.4 Å². The van der Waals surface area contributed by atoms with E-state index in [2.05, 4.69) is 89.0 Å². The van der Waals surface area contributed by atoms with Crippen molar-refractivity contribution in [2.45, 2.75) is 53.4 Å². The third-order valence-electron chi connectivity index (χ3n) is 4.53. The van der Waals surface area contributed by atoms with Gasteiger partial charge >= 0.3 is 0 Å². The van der Waals surface area contributed by atoms with E-state index < -0.39 is 8.96 Å². The molecule has 2 nitrogen and oxygen atoms in total. The van der Waals surface area contributed by atoms with Gasteiger partial charge in [0.1, 0.15) is 0 Å². The molecule has 2 aromatic carbocycles. The lowest BCUT2D eigenvalue weighted by Gasteiger charge is -2.27. The molecule has 0 aliphatic heterocycles. The first-order valence-electron chi connectivity index (χ1n) is 9.23. The molecule has 0 amide bonds. The Morgan fingerprint density at radius 1 is 0.800 bits per heavy atom. The molecule has 0 saturated carbocycles. The maximum Gasteiger partial charge on any atom is 0.254 e. The van der Waals surface area contributed by atoms with Gasteiger partial charge in [-0.1, -0.05) is 90.1 Å². The second-order valence-corrected chi connectivity index (χ2v) is 9.67. The van der Waals surface area contributed by atoms with Crippen molar-refractivity contribution in [3.63, 3.8) is 0 Å². The topological polar surface area (TPSA) is 35.9 Å². The summed E-state index contributed by atoms with van der Waals surface area (Å²) in [5.74, 6) is 1.15. The number of nitrogens with one attached hydrogen (secondary N) is 2. The minimum Gasteiger partial charge on any atom is -0.402 e. The molecule has 0 heterocycles. The van der Waals surface area contributed by atoms with Crippen molar-refractivity contribution in [1.82, 2.24) is 0 Å². The Balaban J connectivity index is 2.54. The van der Waals surface area contributed by atoms with Gasteiger partial charge in [0.25, 0.3) is 8.96 Å². The maximum absolute atomic E-state index is 8.73. The first kappa shape index (κ1) is 19.5. The molecule has 133 valence electrons. The largest absolute Gasteiger partial charge is 0.402 e. The van der Waals surface area contributed by atoms with Crippen LogP contribution in [0.4, 0.5) is 5.69 Å². The molecule has 2 N–H and O–H groups in total. The van der Waals surface area contributed by atoms with E-state index in [1.54, 1.807) is 0 Å². The van der Waals surface area contributed by atoms with Crippen molar-refractivity contribution in [3.05, 3.63) is 59.7 Å². The van der Waals surface area contributed by atoms with Crippen LogP contribution in [0.5, 0.6) is 0 Å². The summed E-state index contributed by atoms with van der Waals surface area (Å²) < 4.78 is 0. The average Bonchev–Trinajstić information content (AvgIpc) is 2.59. The molecule has 0 aromatic heterocycles. The van der Waals surface area contributed by atoms with E-state index in [4.69, 9.17) is 5.41 Å². The first-order chi connectivity index (χ1) is 11.8. The zero-order valence-corrected chi connectivity index (χ0v) is 17.4. The number of hydrogen-bond acceptors (Lipinski definition) is 2. The summed E-state index contributed by atoms with van der Waals surface area (Å²) in [4.78, 5) is 3.85. The Labute approximate surface area is 154 Å². The van der Waals surface area contributed by atoms with Gasteiger partial charge in [-0.05, 0) is 34.1 Å². The van der Waals surface area contributed by atoms with Crippen molar-refractivity contribution in [3.8, 4) is 0 Å². The molecule has 0 atom stereocenters. The molecule has 0 unspecified atom stereocenters. The lowest BCUT2D eigenvalue weighted by Crippen LogP contribution is -2.48. The van der Waals surface area contributed by atoms with Gasteiger partial charge in [-0.15, -0.1) is 0 Å². The van der Waals surface area contributed by atoms with Gasteiger partial charge in [-0.3, -0.25) is 0 Å². The minimum atomic E-state index is -1.33. The molecule has 0 spiro atoms. The summed E-state index contributed by atoms with van der Waals surface area (Å²) in [5.41, 5.74) is 3.94. The maximum atomic E-state index is 8.73. The van der Waals surface area contributed by atoms with Crippen molar-refractivity contribution in [1.29, 1.82) is 5.41 Å². The third kappa shape index (κ3) is 4.60. The Kier molecular flexibility index (Phi) is 6.60. The normalized spacial score (nSPS) is 11.6. The van der Waals surface area contributed by atoms with Crippen molar-refractivity contribution in [2.24, 2.45) is 5.92 Å². The van der Waals surface area contributed by atoms with E-state index in [9.17, 15) is 0 Å². The monoisotopic (exact) mass is 351 g/mol. The van der Waals surface area contributed by atoms with Gasteiger partial charge in [0.05, 0.1) is 0 Å². The van der Waals surface area contributed by atoms with E-state index in [0.717, 1.165) is 5.33 Å². The van der Waals surface area contributed by atoms with Crippen LogP contribution in [0.25, 0.3) is 0 Å². The molecule has 0 aliphatic carbocycles. The highest BCUT2D eigenvalue weighted by Crippen LogP contribution is 2.32. The van der Waals surface area contributed by atoms with Crippen molar-refractivity contribution in [2.75, 3.05) is 4.98 Å². The zero-order chi connectivity index (χ0) is 18.6. The van der Waals surface area contributed by atoms with Crippen LogP contribution in [0.15, 0.2) is 48.5 Å². The quantitative estimate of drug-likeness (QED) is 0.504. The summed E-state index contributed by atoms with van der Waals surface area (Å²) in [7, 11) is -1.33. The second-order valence-electron chi connectivity index (χ2n) is 7.56. The summed E-state index contributed by atoms with van der Waals surface area (Å²) >= 11 is 0. The lowest BCUT2D eigenvalue weighted by atomic mass is 9.93. The average molecular weight is 352 g/mol. The van der Waals surface area contributed by atoms with Crippen LogP contribution in [0, 0.1) is 11.3 Å². The molecule has 1 radical (unpaired) electrons. The Morgan fingerprint density at radius 3 is 1.76 bits per heavy atom. The lowest BCUT2D eigenvalue weighted by molar-refractivity contribution is 0.839. The number of anilines is 1. The molecule has 0 saturated heterocycles. The summed E-state index contributed by atoms with van der Waals surface area (Å²) in [6, 6.07) is 17.1. The van der Waals surface area contributed by atoms with E-state index in [0.29, 0.717) is 11.8 Å². The van der Waals surface area contributed by atoms with Gasteiger partial charge in [-0.25, -0.2) is 0 Å². The molecule has 0 bridgehead atoms. The van der Waals surface area contributed by atoms with Crippen LogP contribution in [-0.2, 0) is 0 Å². The minimum absolute atomic E-state index is 0.246. The fourth-order valence-electron chi connectivity index (χ4n) is 3.01. The predicted octanol–water partition coefficient (Wildman–Crippen LogP) is 5.46. The molecular weight excluding hydrogens is 320 g/mol. The number of para-hydroxylation sites is 1. The smallest absolute Gasteiger partial charge is 0.254 e. The summed E-state index contributed by atoms with van der Waals surface area (Å²) in [5, 5.41) is 10.8. The van der Waals surface area contributed by atoms with Gasteiger partial charge in [0, 0.05) is 11.0 Å². The zero-order valence-electron chi connectivity index (χ0n) is 16.4. The van der Waals surface area contributed by atoms with Gasteiger partial charge in [0.15, 0.2) is 0 Å². The highest BCUT2D eigenvalue weighted by atomic mass is 28.3. The summed E-state index contributed by atoms with van der Waals surface area (Å²) in [6.07, 6.45) is 0. The number of rotatable bonds is 7. The molecular formula is C22H31N2Si. The van der Waals surface area contributed by atoms with Crippen LogP contribution in [0.2, 0.25) is 0 Å². The second kappa shape index (κ2) is 8.48. The predicted molar refractivity (Wildman–Crippen MR) is 113 cm³/mol.